The van der Waals surface area contributed by atoms with Crippen LogP contribution >= 0.6 is 11.8 Å². The van der Waals surface area contributed by atoms with Crippen LogP contribution < -0.4 is 10.6 Å². The summed E-state index contributed by atoms with van der Waals surface area (Å²) < 4.78 is 0. The maximum Gasteiger partial charge on any atom is 0.237 e. The van der Waals surface area contributed by atoms with E-state index < -0.39 is 0 Å². The number of piperidine rings is 1. The molecule has 2 saturated heterocycles. The van der Waals surface area contributed by atoms with Crippen LogP contribution in [0, 0.1) is 5.92 Å². The van der Waals surface area contributed by atoms with Crippen LogP contribution in [0.25, 0.3) is 0 Å². The third kappa shape index (κ3) is 3.38. The van der Waals surface area contributed by atoms with E-state index >= 15 is 0 Å². The van der Waals surface area contributed by atoms with Crippen molar-refractivity contribution in [3.63, 3.8) is 0 Å². The molecule has 2 aliphatic heterocycles. The largest absolute Gasteiger partial charge is 0.354 e. The fourth-order valence-electron chi connectivity index (χ4n) is 2.19. The number of rotatable bonds is 3. The average Bonchev–Trinajstić information content (AvgIpc) is 2.80. The van der Waals surface area contributed by atoms with Gasteiger partial charge in [-0.1, -0.05) is 6.42 Å². The van der Waals surface area contributed by atoms with Crippen LogP contribution in [0.15, 0.2) is 0 Å². The van der Waals surface area contributed by atoms with Gasteiger partial charge in [-0.3, -0.25) is 4.79 Å². The van der Waals surface area contributed by atoms with Gasteiger partial charge in [-0.05, 0) is 43.2 Å². The molecule has 3 nitrogen and oxygen atoms in total. The van der Waals surface area contributed by atoms with Crippen molar-refractivity contribution >= 4 is 17.7 Å². The van der Waals surface area contributed by atoms with E-state index in [0.29, 0.717) is 5.92 Å². The van der Waals surface area contributed by atoms with Gasteiger partial charge in [0.1, 0.15) is 0 Å². The molecule has 2 N–H and O–H groups in total. The quantitative estimate of drug-likeness (QED) is 0.757. The highest BCUT2D eigenvalue weighted by atomic mass is 32.2. The summed E-state index contributed by atoms with van der Waals surface area (Å²) in [4.78, 5) is 11.8. The van der Waals surface area contributed by atoms with Gasteiger partial charge in [0.25, 0.3) is 0 Å². The number of hydrogen-bond donors (Lipinski definition) is 2. The minimum absolute atomic E-state index is 0.0767. The van der Waals surface area contributed by atoms with Crippen LogP contribution in [0.4, 0.5) is 0 Å². The minimum atomic E-state index is 0.0767. The lowest BCUT2D eigenvalue weighted by Gasteiger charge is -2.23. The van der Waals surface area contributed by atoms with Gasteiger partial charge in [0.15, 0.2) is 0 Å². The monoisotopic (exact) mass is 228 g/mol. The molecule has 2 atom stereocenters. The van der Waals surface area contributed by atoms with Crippen molar-refractivity contribution in [3.05, 3.63) is 0 Å². The summed E-state index contributed by atoms with van der Waals surface area (Å²) in [5.74, 6) is 3.41. The lowest BCUT2D eigenvalue weighted by molar-refractivity contribution is -0.123. The number of carbonyl (C=O) groups excluding carboxylic acids is 1. The summed E-state index contributed by atoms with van der Waals surface area (Å²) in [6, 6.07) is 0.0767. The van der Waals surface area contributed by atoms with Crippen LogP contribution in [0.5, 0.6) is 0 Å². The van der Waals surface area contributed by atoms with Gasteiger partial charge >= 0.3 is 0 Å². The van der Waals surface area contributed by atoms with Crippen molar-refractivity contribution in [3.8, 4) is 0 Å². The summed E-state index contributed by atoms with van der Waals surface area (Å²) in [6.07, 6.45) is 4.67. The highest BCUT2D eigenvalue weighted by Crippen LogP contribution is 2.22. The second-order valence-corrected chi connectivity index (χ2v) is 5.63. The third-order valence-electron chi connectivity index (χ3n) is 3.22. The second-order valence-electron chi connectivity index (χ2n) is 4.48. The second kappa shape index (κ2) is 5.75. The Morgan fingerprint density at radius 3 is 3.00 bits per heavy atom. The van der Waals surface area contributed by atoms with Gasteiger partial charge in [-0.2, -0.15) is 11.8 Å². The Morgan fingerprint density at radius 1 is 1.40 bits per heavy atom. The zero-order chi connectivity index (χ0) is 10.5. The highest BCUT2D eigenvalue weighted by Gasteiger charge is 2.22. The summed E-state index contributed by atoms with van der Waals surface area (Å²) in [5.41, 5.74) is 0. The number of amides is 1. The Labute approximate surface area is 95.8 Å². The van der Waals surface area contributed by atoms with E-state index in [1.54, 1.807) is 0 Å². The first-order valence-electron chi connectivity index (χ1n) is 5.95. The number of thioether (sulfide) groups is 1. The van der Waals surface area contributed by atoms with Crippen molar-refractivity contribution in [1.82, 2.24) is 10.6 Å². The molecule has 1 amide bonds. The van der Waals surface area contributed by atoms with Gasteiger partial charge in [0.2, 0.25) is 5.91 Å². The molecular formula is C11H20N2OS. The molecule has 4 heteroatoms. The van der Waals surface area contributed by atoms with Crippen molar-refractivity contribution in [2.75, 3.05) is 24.6 Å². The van der Waals surface area contributed by atoms with Gasteiger partial charge in [-0.25, -0.2) is 0 Å². The SMILES string of the molecule is O=C(NCC1CCSC1)C1CCCCN1. The molecule has 86 valence electrons. The predicted molar refractivity (Wildman–Crippen MR) is 64.1 cm³/mol. The number of hydrogen-bond acceptors (Lipinski definition) is 3. The Balaban J connectivity index is 1.66. The van der Waals surface area contributed by atoms with Crippen LogP contribution in [0.3, 0.4) is 0 Å². The molecule has 2 unspecified atom stereocenters. The molecule has 0 aliphatic carbocycles. The molecule has 0 saturated carbocycles. The molecule has 0 spiro atoms. The minimum Gasteiger partial charge on any atom is -0.354 e. The highest BCUT2D eigenvalue weighted by molar-refractivity contribution is 7.99. The van der Waals surface area contributed by atoms with Crippen LogP contribution in [-0.2, 0) is 4.79 Å². The van der Waals surface area contributed by atoms with E-state index in [9.17, 15) is 4.79 Å². The van der Waals surface area contributed by atoms with E-state index in [-0.39, 0.29) is 11.9 Å². The van der Waals surface area contributed by atoms with E-state index in [4.69, 9.17) is 0 Å². The molecule has 2 fully saturated rings. The van der Waals surface area contributed by atoms with Gasteiger partial charge in [-0.15, -0.1) is 0 Å². The lowest BCUT2D eigenvalue weighted by Crippen LogP contribution is -2.47. The molecule has 0 radical (unpaired) electrons. The Hall–Kier alpha value is -0.220. The summed E-state index contributed by atoms with van der Waals surface area (Å²) in [6.45, 7) is 1.88. The normalized spacial score (nSPS) is 31.5. The summed E-state index contributed by atoms with van der Waals surface area (Å²) in [7, 11) is 0. The molecule has 15 heavy (non-hydrogen) atoms. The zero-order valence-electron chi connectivity index (χ0n) is 9.13. The van der Waals surface area contributed by atoms with E-state index in [1.807, 2.05) is 11.8 Å². The van der Waals surface area contributed by atoms with Crippen LogP contribution in [0.1, 0.15) is 25.7 Å². The lowest BCUT2D eigenvalue weighted by atomic mass is 10.0. The molecule has 0 bridgehead atoms. The average molecular weight is 228 g/mol. The molecule has 2 rings (SSSR count). The zero-order valence-corrected chi connectivity index (χ0v) is 9.94. The maximum atomic E-state index is 11.8. The van der Waals surface area contributed by atoms with E-state index in [2.05, 4.69) is 10.6 Å². The summed E-state index contributed by atoms with van der Waals surface area (Å²) in [5, 5.41) is 6.36. The van der Waals surface area contributed by atoms with Crippen molar-refractivity contribution < 1.29 is 4.79 Å². The Kier molecular flexibility index (Phi) is 4.32. The van der Waals surface area contributed by atoms with Crippen molar-refractivity contribution in [1.29, 1.82) is 0 Å². The molecule has 0 aromatic rings. The number of nitrogens with one attached hydrogen (secondary N) is 2. The van der Waals surface area contributed by atoms with Gasteiger partial charge < -0.3 is 10.6 Å². The molecule has 0 aromatic heterocycles. The van der Waals surface area contributed by atoms with E-state index in [0.717, 1.165) is 19.5 Å². The number of carbonyl (C=O) groups is 1. The topological polar surface area (TPSA) is 41.1 Å². The maximum absolute atomic E-state index is 11.8. The van der Waals surface area contributed by atoms with E-state index in [1.165, 1.54) is 30.8 Å². The fourth-order valence-corrected chi connectivity index (χ4v) is 3.47. The molecular weight excluding hydrogens is 208 g/mol. The first-order chi connectivity index (χ1) is 7.36. The van der Waals surface area contributed by atoms with Gasteiger partial charge in [0.05, 0.1) is 6.04 Å². The Bertz CT molecular complexity index is 211. The standard InChI is InChI=1S/C11H20N2OS/c14-11(10-3-1-2-5-12-10)13-7-9-4-6-15-8-9/h9-10,12H,1-8H2,(H,13,14). The third-order valence-corrected chi connectivity index (χ3v) is 4.45. The van der Waals surface area contributed by atoms with Crippen molar-refractivity contribution in [2.45, 2.75) is 31.7 Å². The fraction of sp³-hybridized carbons (Fsp3) is 0.909. The first-order valence-corrected chi connectivity index (χ1v) is 7.10. The predicted octanol–water partition coefficient (Wildman–Crippen LogP) is 0.998. The van der Waals surface area contributed by atoms with Gasteiger partial charge in [0, 0.05) is 6.54 Å². The molecule has 2 aliphatic rings. The first kappa shape index (κ1) is 11.3. The molecule has 2 heterocycles. The van der Waals surface area contributed by atoms with Crippen LogP contribution in [-0.4, -0.2) is 36.5 Å². The summed E-state index contributed by atoms with van der Waals surface area (Å²) >= 11 is 2.00. The van der Waals surface area contributed by atoms with Crippen LogP contribution in [0.2, 0.25) is 0 Å². The smallest absolute Gasteiger partial charge is 0.237 e. The molecule has 0 aromatic carbocycles. The Morgan fingerprint density at radius 2 is 2.33 bits per heavy atom. The van der Waals surface area contributed by atoms with Crippen molar-refractivity contribution in [2.24, 2.45) is 5.92 Å².